The van der Waals surface area contributed by atoms with E-state index in [1.165, 1.54) is 0 Å². The molecule has 0 fully saturated rings. The largest absolute Gasteiger partial charge is 1.00 e. The topological polar surface area (TPSA) is 63.0 Å². The van der Waals surface area contributed by atoms with E-state index in [9.17, 15) is 0 Å². The predicted octanol–water partition coefficient (Wildman–Crippen LogP) is -2.90. The molecule has 0 saturated carbocycles. The first-order chi connectivity index (χ1) is 3.43. The van der Waals surface area contributed by atoms with Crippen molar-refractivity contribution in [3.63, 3.8) is 0 Å². The fourth-order valence-electron chi connectivity index (χ4n) is 0.414. The summed E-state index contributed by atoms with van der Waals surface area (Å²) in [6.07, 6.45) is 2.74. The van der Waals surface area contributed by atoms with Crippen molar-refractivity contribution in [2.75, 3.05) is 13.2 Å². The Labute approximate surface area is 96.4 Å². The second-order valence-electron chi connectivity index (χ2n) is 1.26. The average Bonchev–Trinajstić information content (AvgIpc) is 2.14. The summed E-state index contributed by atoms with van der Waals surface area (Å²) in [6, 6.07) is 1.94. The summed E-state index contributed by atoms with van der Waals surface area (Å²) in [6.45, 7) is 0.944. The Balaban J connectivity index is 0. The van der Waals surface area contributed by atoms with Gasteiger partial charge in [-0.15, -0.1) is 11.6 Å². The van der Waals surface area contributed by atoms with Crippen LogP contribution in [0.3, 0.4) is 0 Å². The molecule has 0 aliphatic carbocycles. The zero-order valence-electron chi connectivity index (χ0n) is 5.22. The first kappa shape index (κ1) is 12.5. The van der Waals surface area contributed by atoms with Gasteiger partial charge in [-0.1, -0.05) is 0 Å². The number of nitrogens with zero attached hydrogens (tertiary/aromatic N) is 1. The molecule has 1 aliphatic rings. The van der Waals surface area contributed by atoms with E-state index in [4.69, 9.17) is 10.00 Å². The molecule has 0 bridgehead atoms. The molecular formula is C5H5KNO2-. The van der Waals surface area contributed by atoms with E-state index in [0.29, 0.717) is 18.8 Å². The Morgan fingerprint density at radius 2 is 2.33 bits per heavy atom. The molecule has 0 aromatic carbocycles. The van der Waals surface area contributed by atoms with Gasteiger partial charge in [0.25, 0.3) is 0 Å². The molecule has 1 N–H and O–H groups in total. The first-order valence-electron chi connectivity index (χ1n) is 2.01. The van der Waals surface area contributed by atoms with E-state index in [2.05, 4.69) is 6.08 Å². The van der Waals surface area contributed by atoms with Gasteiger partial charge in [-0.25, -0.2) is 6.08 Å². The third kappa shape index (κ3) is 4.23. The van der Waals surface area contributed by atoms with Gasteiger partial charge >= 0.3 is 51.4 Å². The van der Waals surface area contributed by atoms with Crippen LogP contribution in [-0.2, 0) is 4.74 Å². The molecule has 3 nitrogen and oxygen atoms in total. The zero-order valence-corrected chi connectivity index (χ0v) is 8.34. The summed E-state index contributed by atoms with van der Waals surface area (Å²) in [4.78, 5) is 0. The summed E-state index contributed by atoms with van der Waals surface area (Å²) >= 11 is 0. The standard InChI is InChI=1S/C5H4NO.K.H2O/c6-3-5-1-2-7-4-5;;/h2,4H2;;1H2/q-1;+1;/p-1. The van der Waals surface area contributed by atoms with Crippen molar-refractivity contribution >= 4 is 0 Å². The average molecular weight is 150 g/mol. The fourth-order valence-corrected chi connectivity index (χ4v) is 0.414. The van der Waals surface area contributed by atoms with Crippen LogP contribution in [0.25, 0.3) is 0 Å². The number of hydrogen-bond acceptors (Lipinski definition) is 3. The molecular weight excluding hydrogens is 145 g/mol. The molecule has 0 radical (unpaired) electrons. The van der Waals surface area contributed by atoms with Crippen LogP contribution in [0, 0.1) is 17.4 Å². The molecule has 0 unspecified atom stereocenters. The molecule has 1 heterocycles. The van der Waals surface area contributed by atoms with E-state index in [0.717, 1.165) is 0 Å². The molecule has 1 aliphatic heterocycles. The predicted molar refractivity (Wildman–Crippen MR) is 25.1 cm³/mol. The SMILES string of the molecule is N#CC1=[C-]COC1.[K+].[OH-]. The quantitative estimate of drug-likeness (QED) is 0.275. The third-order valence-corrected chi connectivity index (χ3v) is 0.769. The molecule has 4 heteroatoms. The van der Waals surface area contributed by atoms with Crippen molar-refractivity contribution in [1.82, 2.24) is 0 Å². The number of ether oxygens (including phenoxy) is 1. The van der Waals surface area contributed by atoms with Gasteiger partial charge < -0.3 is 15.5 Å². The minimum atomic E-state index is 0. The zero-order chi connectivity index (χ0) is 5.11. The number of hydrogen-bond donors (Lipinski definition) is 0. The van der Waals surface area contributed by atoms with Gasteiger partial charge in [0.15, 0.2) is 0 Å². The molecule has 0 saturated heterocycles. The minimum absolute atomic E-state index is 0. The van der Waals surface area contributed by atoms with Gasteiger partial charge in [-0.2, -0.15) is 0 Å². The van der Waals surface area contributed by atoms with E-state index in [1.807, 2.05) is 6.07 Å². The van der Waals surface area contributed by atoms with Gasteiger partial charge in [-0.05, 0) is 6.61 Å². The van der Waals surface area contributed by atoms with Crippen molar-refractivity contribution < 1.29 is 61.6 Å². The van der Waals surface area contributed by atoms with Crippen LogP contribution in [0.1, 0.15) is 0 Å². The van der Waals surface area contributed by atoms with E-state index in [1.54, 1.807) is 0 Å². The molecule has 1 rings (SSSR count). The summed E-state index contributed by atoms with van der Waals surface area (Å²) in [7, 11) is 0. The van der Waals surface area contributed by atoms with Crippen LogP contribution in [0.5, 0.6) is 0 Å². The Hall–Kier alpha value is 0.786. The Bertz CT molecular complexity index is 138. The normalized spacial score (nSPS) is 14.3. The van der Waals surface area contributed by atoms with Crippen molar-refractivity contribution in [1.29, 1.82) is 5.26 Å². The van der Waals surface area contributed by atoms with Gasteiger partial charge in [0, 0.05) is 6.61 Å². The van der Waals surface area contributed by atoms with Crippen molar-refractivity contribution in [3.05, 3.63) is 11.6 Å². The molecule has 9 heavy (non-hydrogen) atoms. The fraction of sp³-hybridized carbons (Fsp3) is 0.400. The summed E-state index contributed by atoms with van der Waals surface area (Å²) < 4.78 is 4.78. The van der Waals surface area contributed by atoms with Crippen molar-refractivity contribution in [2.45, 2.75) is 0 Å². The Morgan fingerprint density at radius 3 is 2.56 bits per heavy atom. The number of rotatable bonds is 0. The Kier molecular flexibility index (Phi) is 9.55. The maximum Gasteiger partial charge on any atom is 1.00 e. The van der Waals surface area contributed by atoms with E-state index >= 15 is 0 Å². The maximum absolute atomic E-state index is 8.14. The molecule has 0 amide bonds. The van der Waals surface area contributed by atoms with Gasteiger partial charge in [0.05, 0.1) is 0 Å². The summed E-state index contributed by atoms with van der Waals surface area (Å²) in [5.74, 6) is 0. The Morgan fingerprint density at radius 1 is 1.67 bits per heavy atom. The van der Waals surface area contributed by atoms with Crippen molar-refractivity contribution in [3.8, 4) is 6.07 Å². The van der Waals surface area contributed by atoms with E-state index in [-0.39, 0.29) is 56.9 Å². The maximum atomic E-state index is 8.14. The van der Waals surface area contributed by atoms with Crippen LogP contribution in [0.4, 0.5) is 0 Å². The molecule has 0 aromatic rings. The third-order valence-electron chi connectivity index (χ3n) is 0.769. The second kappa shape index (κ2) is 6.90. The molecule has 44 valence electrons. The molecule has 0 spiro atoms. The van der Waals surface area contributed by atoms with Gasteiger partial charge in [0.1, 0.15) is 0 Å². The van der Waals surface area contributed by atoms with Crippen LogP contribution in [0.2, 0.25) is 0 Å². The van der Waals surface area contributed by atoms with Crippen LogP contribution >= 0.6 is 0 Å². The van der Waals surface area contributed by atoms with Crippen LogP contribution < -0.4 is 51.4 Å². The van der Waals surface area contributed by atoms with Crippen molar-refractivity contribution in [2.24, 2.45) is 0 Å². The van der Waals surface area contributed by atoms with Gasteiger partial charge in [0.2, 0.25) is 0 Å². The van der Waals surface area contributed by atoms with E-state index < -0.39 is 0 Å². The molecule has 0 atom stereocenters. The second-order valence-corrected chi connectivity index (χ2v) is 1.26. The summed E-state index contributed by atoms with van der Waals surface area (Å²) in [5, 5.41) is 8.14. The smallest absolute Gasteiger partial charge is 0.870 e. The summed E-state index contributed by atoms with van der Waals surface area (Å²) in [5.41, 5.74) is 0.625. The minimum Gasteiger partial charge on any atom is -0.870 e. The van der Waals surface area contributed by atoms with Gasteiger partial charge in [-0.3, -0.25) is 0 Å². The molecule has 0 aromatic heterocycles. The monoisotopic (exact) mass is 150 g/mol. The van der Waals surface area contributed by atoms with Crippen LogP contribution in [-0.4, -0.2) is 18.7 Å². The van der Waals surface area contributed by atoms with Crippen LogP contribution in [0.15, 0.2) is 5.57 Å². The number of nitriles is 1. The first-order valence-corrected chi connectivity index (χ1v) is 2.01.